The fourth-order valence-electron chi connectivity index (χ4n) is 3.67. The number of likely N-dealkylation sites (tertiary alicyclic amines) is 1. The van der Waals surface area contributed by atoms with Gasteiger partial charge in [0.2, 0.25) is 11.8 Å². The van der Waals surface area contributed by atoms with E-state index in [1.165, 1.54) is 0 Å². The van der Waals surface area contributed by atoms with Crippen LogP contribution in [0.4, 0.5) is 0 Å². The molecule has 3 aliphatic rings. The zero-order valence-electron chi connectivity index (χ0n) is 9.42. The maximum absolute atomic E-state index is 12.3. The van der Waals surface area contributed by atoms with E-state index in [2.05, 4.69) is 0 Å². The molecule has 1 N–H and O–H groups in total. The number of hydrogen-bond donors (Lipinski definition) is 1. The van der Waals surface area contributed by atoms with Gasteiger partial charge >= 0.3 is 5.97 Å². The number of carbonyl (C=O) groups excluding carboxylic acids is 2. The van der Waals surface area contributed by atoms with Crippen molar-refractivity contribution in [3.63, 3.8) is 0 Å². The lowest BCUT2D eigenvalue weighted by molar-refractivity contribution is -0.150. The Hall–Kier alpha value is -1.65. The van der Waals surface area contributed by atoms with Crippen molar-refractivity contribution in [1.29, 1.82) is 0 Å². The fourth-order valence-corrected chi connectivity index (χ4v) is 3.67. The van der Waals surface area contributed by atoms with Gasteiger partial charge in [0.25, 0.3) is 0 Å². The molecule has 0 radical (unpaired) electrons. The summed E-state index contributed by atoms with van der Waals surface area (Å²) in [6, 6.07) is 0. The van der Waals surface area contributed by atoms with Crippen molar-refractivity contribution >= 4 is 17.8 Å². The van der Waals surface area contributed by atoms with Crippen molar-refractivity contribution in [2.45, 2.75) is 13.3 Å². The lowest BCUT2D eigenvalue weighted by atomic mass is 9.71. The van der Waals surface area contributed by atoms with Crippen molar-refractivity contribution in [3.8, 4) is 0 Å². The van der Waals surface area contributed by atoms with Gasteiger partial charge < -0.3 is 5.11 Å². The summed E-state index contributed by atoms with van der Waals surface area (Å²) in [6.45, 7) is 1.29. The molecule has 2 fully saturated rings. The van der Waals surface area contributed by atoms with Gasteiger partial charge in [0.15, 0.2) is 0 Å². The van der Waals surface area contributed by atoms with Crippen LogP contribution in [0.5, 0.6) is 0 Å². The van der Waals surface area contributed by atoms with Crippen LogP contribution >= 0.6 is 0 Å². The highest BCUT2D eigenvalue weighted by atomic mass is 16.4. The smallest absolute Gasteiger partial charge is 0.323 e. The molecule has 5 heteroatoms. The third-order valence-corrected chi connectivity index (χ3v) is 4.49. The molecule has 4 atom stereocenters. The highest BCUT2D eigenvalue weighted by molar-refractivity contribution is 6.10. The van der Waals surface area contributed by atoms with Crippen LogP contribution < -0.4 is 0 Å². The molecule has 2 bridgehead atoms. The first-order valence-corrected chi connectivity index (χ1v) is 5.72. The Labute approximate surface area is 98.1 Å². The van der Waals surface area contributed by atoms with Crippen LogP contribution in [0.1, 0.15) is 13.3 Å². The molecule has 1 heterocycles. The minimum absolute atomic E-state index is 0.0905. The van der Waals surface area contributed by atoms with E-state index in [1.54, 1.807) is 6.92 Å². The summed E-state index contributed by atoms with van der Waals surface area (Å²) in [6.07, 6.45) is 4.84. The van der Waals surface area contributed by atoms with Crippen LogP contribution in [0.2, 0.25) is 0 Å². The Bertz CT molecular complexity index is 469. The van der Waals surface area contributed by atoms with Gasteiger partial charge in [-0.3, -0.25) is 19.3 Å². The second kappa shape index (κ2) is 2.97. The molecule has 3 rings (SSSR count). The molecular weight excluding hydrogens is 222 g/mol. The van der Waals surface area contributed by atoms with Gasteiger partial charge in [-0.25, -0.2) is 0 Å². The Balaban J connectivity index is 2.00. The molecule has 2 amide bonds. The topological polar surface area (TPSA) is 74.7 Å². The molecule has 0 aromatic rings. The number of amides is 2. The number of nitrogens with zero attached hydrogens (tertiary/aromatic N) is 1. The second-order valence-electron chi connectivity index (χ2n) is 5.27. The largest absolute Gasteiger partial charge is 0.480 e. The summed E-state index contributed by atoms with van der Waals surface area (Å²) in [5, 5.41) is 8.74. The van der Waals surface area contributed by atoms with Gasteiger partial charge in [-0.15, -0.1) is 0 Å². The van der Waals surface area contributed by atoms with Gasteiger partial charge in [-0.2, -0.15) is 0 Å². The van der Waals surface area contributed by atoms with Gasteiger partial charge in [0.05, 0.1) is 11.3 Å². The van der Waals surface area contributed by atoms with Gasteiger partial charge in [0, 0.05) is 0 Å². The third-order valence-electron chi connectivity index (χ3n) is 4.49. The average molecular weight is 235 g/mol. The van der Waals surface area contributed by atoms with E-state index in [0.29, 0.717) is 0 Å². The number of carbonyl (C=O) groups is 3. The number of fused-ring (bicyclic) bond motifs is 5. The normalized spacial score (nSPS) is 42.4. The van der Waals surface area contributed by atoms with Gasteiger partial charge in [-0.05, 0) is 25.2 Å². The Morgan fingerprint density at radius 2 is 2.24 bits per heavy atom. The average Bonchev–Trinajstić information content (AvgIpc) is 2.87. The Kier molecular flexibility index (Phi) is 1.83. The van der Waals surface area contributed by atoms with E-state index in [1.807, 2.05) is 12.2 Å². The lowest BCUT2D eigenvalue weighted by Gasteiger charge is -2.28. The first kappa shape index (κ1) is 10.5. The predicted molar refractivity (Wildman–Crippen MR) is 56.7 cm³/mol. The summed E-state index contributed by atoms with van der Waals surface area (Å²) in [5.74, 6) is -1.91. The molecule has 1 aliphatic heterocycles. The highest BCUT2D eigenvalue weighted by Gasteiger charge is 2.67. The molecule has 90 valence electrons. The predicted octanol–water partition coefficient (Wildman–Crippen LogP) is 0.268. The number of rotatable bonds is 2. The van der Waals surface area contributed by atoms with E-state index in [4.69, 9.17) is 5.11 Å². The van der Waals surface area contributed by atoms with Crippen LogP contribution in [0.25, 0.3) is 0 Å². The highest BCUT2D eigenvalue weighted by Crippen LogP contribution is 2.60. The van der Waals surface area contributed by atoms with Crippen molar-refractivity contribution in [1.82, 2.24) is 4.90 Å². The molecule has 0 unspecified atom stereocenters. The summed E-state index contributed by atoms with van der Waals surface area (Å²) in [4.78, 5) is 36.0. The minimum atomic E-state index is -1.14. The van der Waals surface area contributed by atoms with Crippen LogP contribution in [-0.2, 0) is 14.4 Å². The Morgan fingerprint density at radius 1 is 1.53 bits per heavy atom. The van der Waals surface area contributed by atoms with E-state index >= 15 is 0 Å². The van der Waals surface area contributed by atoms with Crippen LogP contribution in [0.15, 0.2) is 12.2 Å². The van der Waals surface area contributed by atoms with E-state index in [0.717, 1.165) is 11.3 Å². The lowest BCUT2D eigenvalue weighted by Crippen LogP contribution is -2.39. The van der Waals surface area contributed by atoms with Gasteiger partial charge in [-0.1, -0.05) is 12.2 Å². The quantitative estimate of drug-likeness (QED) is 0.550. The number of hydrogen-bond acceptors (Lipinski definition) is 3. The van der Waals surface area contributed by atoms with Crippen molar-refractivity contribution in [2.75, 3.05) is 6.54 Å². The molecule has 0 aromatic carbocycles. The fraction of sp³-hybridized carbons (Fsp3) is 0.583. The maximum Gasteiger partial charge on any atom is 0.323 e. The van der Waals surface area contributed by atoms with Crippen molar-refractivity contribution in [2.24, 2.45) is 23.2 Å². The van der Waals surface area contributed by atoms with E-state index < -0.39 is 17.9 Å². The molecule has 1 saturated carbocycles. The molecule has 2 aliphatic carbocycles. The number of carboxylic acids is 1. The van der Waals surface area contributed by atoms with E-state index in [-0.39, 0.29) is 29.6 Å². The molecular formula is C12H13NO4. The maximum atomic E-state index is 12.3. The number of imide groups is 1. The summed E-state index contributed by atoms with van der Waals surface area (Å²) < 4.78 is 0. The molecule has 5 nitrogen and oxygen atoms in total. The SMILES string of the molecule is C[C@@]12C(=O)N(CC(=O)O)C(=O)[C@H]1[C@@H]1C=C[C@@H]2C1. The Morgan fingerprint density at radius 3 is 2.82 bits per heavy atom. The number of carboxylic acid groups (broad SMARTS) is 1. The first-order valence-electron chi connectivity index (χ1n) is 5.72. The number of aliphatic carboxylic acids is 1. The summed E-state index contributed by atoms with van der Waals surface area (Å²) in [7, 11) is 0. The zero-order chi connectivity index (χ0) is 12.4. The van der Waals surface area contributed by atoms with Crippen LogP contribution in [-0.4, -0.2) is 34.3 Å². The van der Waals surface area contributed by atoms with Gasteiger partial charge in [0.1, 0.15) is 6.54 Å². The van der Waals surface area contributed by atoms with Crippen molar-refractivity contribution in [3.05, 3.63) is 12.2 Å². The van der Waals surface area contributed by atoms with Crippen LogP contribution in [0, 0.1) is 23.2 Å². The molecule has 0 spiro atoms. The molecule has 1 saturated heterocycles. The molecule has 17 heavy (non-hydrogen) atoms. The first-order chi connectivity index (χ1) is 7.96. The minimum Gasteiger partial charge on any atom is -0.480 e. The summed E-state index contributed by atoms with van der Waals surface area (Å²) in [5.41, 5.74) is -0.702. The third kappa shape index (κ3) is 1.06. The van der Waals surface area contributed by atoms with Crippen LogP contribution in [0.3, 0.4) is 0 Å². The second-order valence-corrected chi connectivity index (χ2v) is 5.27. The standard InChI is InChI=1S/C12H13NO4/c1-12-7-3-2-6(4-7)9(12)10(16)13(11(12)17)5-8(14)15/h2-3,6-7,9H,4-5H2,1H3,(H,14,15)/t6-,7-,9-,12+/m1/s1. The number of allylic oxidation sites excluding steroid dienone is 2. The summed E-state index contributed by atoms with van der Waals surface area (Å²) >= 11 is 0. The monoisotopic (exact) mass is 235 g/mol. The zero-order valence-corrected chi connectivity index (χ0v) is 9.42. The van der Waals surface area contributed by atoms with Crippen molar-refractivity contribution < 1.29 is 19.5 Å². The van der Waals surface area contributed by atoms with E-state index in [9.17, 15) is 14.4 Å². The molecule has 0 aromatic heterocycles.